The van der Waals surface area contributed by atoms with Crippen molar-refractivity contribution in [3.05, 3.63) is 47.4 Å². The molecule has 0 unspecified atom stereocenters. The lowest BCUT2D eigenvalue weighted by molar-refractivity contribution is -0.0246. The lowest BCUT2D eigenvalue weighted by Gasteiger charge is -2.12. The molecule has 0 aliphatic carbocycles. The molecule has 0 spiro atoms. The smallest absolute Gasteiger partial charge is 0.274 e. The summed E-state index contributed by atoms with van der Waals surface area (Å²) in [5.74, 6) is -0.532. The van der Waals surface area contributed by atoms with Gasteiger partial charge in [0, 0.05) is 11.1 Å². The SMILES string of the molecule is Cc1cc(C2OC=CO2)ccc1C(=O)NO. The van der Waals surface area contributed by atoms with Crippen molar-refractivity contribution in [2.24, 2.45) is 0 Å². The number of hydrogen-bond donors (Lipinski definition) is 2. The van der Waals surface area contributed by atoms with Gasteiger partial charge in [0.15, 0.2) is 0 Å². The number of carbonyl (C=O) groups excluding carboxylic acids is 1. The van der Waals surface area contributed by atoms with Gasteiger partial charge >= 0.3 is 0 Å². The van der Waals surface area contributed by atoms with Crippen LogP contribution in [0.2, 0.25) is 0 Å². The van der Waals surface area contributed by atoms with Crippen LogP contribution in [0.25, 0.3) is 0 Å². The Balaban J connectivity index is 2.25. The summed E-state index contributed by atoms with van der Waals surface area (Å²) in [7, 11) is 0. The van der Waals surface area contributed by atoms with Gasteiger partial charge < -0.3 is 9.47 Å². The van der Waals surface area contributed by atoms with Gasteiger partial charge in [0.1, 0.15) is 12.5 Å². The van der Waals surface area contributed by atoms with Crippen molar-refractivity contribution in [2.75, 3.05) is 0 Å². The fourth-order valence-corrected chi connectivity index (χ4v) is 1.54. The molecule has 2 N–H and O–H groups in total. The summed E-state index contributed by atoms with van der Waals surface area (Å²) in [6.45, 7) is 1.77. The standard InChI is InChI=1S/C11H11NO4/c1-7-6-8(11-15-4-5-16-11)2-3-9(7)10(13)12-14/h2-6,11,14H,1H3,(H,12,13). The van der Waals surface area contributed by atoms with Crippen molar-refractivity contribution >= 4 is 5.91 Å². The average molecular weight is 221 g/mol. The van der Waals surface area contributed by atoms with Gasteiger partial charge in [-0.05, 0) is 24.6 Å². The number of nitrogens with one attached hydrogen (secondary N) is 1. The Morgan fingerprint density at radius 2 is 2.06 bits per heavy atom. The highest BCUT2D eigenvalue weighted by atomic mass is 16.7. The predicted octanol–water partition coefficient (Wildman–Crippen LogP) is 1.63. The van der Waals surface area contributed by atoms with E-state index in [0.29, 0.717) is 5.56 Å². The second-order valence-corrected chi connectivity index (χ2v) is 3.39. The van der Waals surface area contributed by atoms with Crippen molar-refractivity contribution in [2.45, 2.75) is 13.2 Å². The lowest BCUT2D eigenvalue weighted by atomic mass is 10.0. The fraction of sp³-hybridized carbons (Fsp3) is 0.182. The Kier molecular flexibility index (Phi) is 2.78. The van der Waals surface area contributed by atoms with Crippen LogP contribution >= 0.6 is 0 Å². The molecule has 5 heteroatoms. The van der Waals surface area contributed by atoms with Crippen LogP contribution in [0.1, 0.15) is 27.8 Å². The maximum absolute atomic E-state index is 11.2. The molecule has 2 rings (SSSR count). The zero-order chi connectivity index (χ0) is 11.5. The zero-order valence-electron chi connectivity index (χ0n) is 8.64. The second-order valence-electron chi connectivity index (χ2n) is 3.39. The molecule has 0 radical (unpaired) electrons. The maximum Gasteiger partial charge on any atom is 0.274 e. The molecule has 1 aliphatic rings. The topological polar surface area (TPSA) is 67.8 Å². The Hall–Kier alpha value is -2.01. The van der Waals surface area contributed by atoms with Gasteiger partial charge in [-0.3, -0.25) is 10.0 Å². The number of ether oxygens (including phenoxy) is 2. The zero-order valence-corrected chi connectivity index (χ0v) is 8.64. The van der Waals surface area contributed by atoms with E-state index in [-0.39, 0.29) is 0 Å². The average Bonchev–Trinajstić information content (AvgIpc) is 2.81. The Morgan fingerprint density at radius 1 is 1.38 bits per heavy atom. The highest BCUT2D eigenvalue weighted by Crippen LogP contribution is 2.25. The number of amides is 1. The number of hydrogen-bond acceptors (Lipinski definition) is 4. The molecule has 0 saturated heterocycles. The summed E-state index contributed by atoms with van der Waals surface area (Å²) >= 11 is 0. The first-order valence-corrected chi connectivity index (χ1v) is 4.73. The van der Waals surface area contributed by atoms with Crippen molar-refractivity contribution in [1.29, 1.82) is 0 Å². The molecule has 1 aromatic carbocycles. The first-order chi connectivity index (χ1) is 7.72. The maximum atomic E-state index is 11.2. The number of hydroxylamine groups is 1. The summed E-state index contributed by atoms with van der Waals surface area (Å²) in [6.07, 6.45) is 2.48. The summed E-state index contributed by atoms with van der Waals surface area (Å²) in [5.41, 5.74) is 3.57. The van der Waals surface area contributed by atoms with Crippen molar-refractivity contribution < 1.29 is 19.5 Å². The first-order valence-electron chi connectivity index (χ1n) is 4.73. The predicted molar refractivity (Wildman–Crippen MR) is 54.5 cm³/mol. The van der Waals surface area contributed by atoms with Gasteiger partial charge in [0.2, 0.25) is 0 Å². The van der Waals surface area contributed by atoms with Crippen LogP contribution in [0, 0.1) is 6.92 Å². The van der Waals surface area contributed by atoms with Crippen molar-refractivity contribution in [1.82, 2.24) is 5.48 Å². The van der Waals surface area contributed by atoms with Crippen molar-refractivity contribution in [3.8, 4) is 0 Å². The molecular formula is C11H11NO4. The molecule has 0 atom stereocenters. The molecule has 5 nitrogen and oxygen atoms in total. The fourth-order valence-electron chi connectivity index (χ4n) is 1.54. The number of benzene rings is 1. The lowest BCUT2D eigenvalue weighted by Crippen LogP contribution is -2.19. The van der Waals surface area contributed by atoms with Gasteiger partial charge in [-0.25, -0.2) is 5.48 Å². The van der Waals surface area contributed by atoms with Crippen molar-refractivity contribution in [3.63, 3.8) is 0 Å². The molecule has 1 amide bonds. The molecule has 0 saturated carbocycles. The Bertz CT molecular complexity index is 434. The summed E-state index contributed by atoms with van der Waals surface area (Å²) < 4.78 is 10.3. The van der Waals surface area contributed by atoms with E-state index in [9.17, 15) is 4.79 Å². The minimum atomic E-state index is -0.532. The van der Waals surface area contributed by atoms with Crippen LogP contribution in [0.5, 0.6) is 0 Å². The van der Waals surface area contributed by atoms with Crippen LogP contribution in [0.3, 0.4) is 0 Å². The molecule has 84 valence electrons. The number of aryl methyl sites for hydroxylation is 1. The quantitative estimate of drug-likeness (QED) is 0.588. The van der Waals surface area contributed by atoms with Gasteiger partial charge in [-0.2, -0.15) is 0 Å². The molecule has 16 heavy (non-hydrogen) atoms. The van der Waals surface area contributed by atoms with Gasteiger partial charge in [0.25, 0.3) is 12.2 Å². The highest BCUT2D eigenvalue weighted by molar-refractivity contribution is 5.94. The molecule has 0 aromatic heterocycles. The third-order valence-electron chi connectivity index (χ3n) is 2.33. The van der Waals surface area contributed by atoms with Gasteiger partial charge in [-0.15, -0.1) is 0 Å². The molecule has 0 fully saturated rings. The highest BCUT2D eigenvalue weighted by Gasteiger charge is 2.17. The van der Waals surface area contributed by atoms with E-state index in [1.807, 2.05) is 0 Å². The molecule has 1 aliphatic heterocycles. The largest absolute Gasteiger partial charge is 0.455 e. The monoisotopic (exact) mass is 221 g/mol. The third kappa shape index (κ3) is 1.85. The van der Waals surface area contributed by atoms with E-state index in [0.717, 1.165) is 11.1 Å². The summed E-state index contributed by atoms with van der Waals surface area (Å²) in [6, 6.07) is 5.11. The Labute approximate surface area is 92.2 Å². The minimum absolute atomic E-state index is 0.414. The van der Waals surface area contributed by atoms with Crippen LogP contribution in [-0.4, -0.2) is 11.1 Å². The third-order valence-corrected chi connectivity index (χ3v) is 2.33. The van der Waals surface area contributed by atoms with Gasteiger partial charge in [0.05, 0.1) is 0 Å². The van der Waals surface area contributed by atoms with E-state index >= 15 is 0 Å². The first kappa shape index (κ1) is 10.5. The van der Waals surface area contributed by atoms with Crippen LogP contribution in [0.15, 0.2) is 30.7 Å². The van der Waals surface area contributed by atoms with E-state index in [2.05, 4.69) is 0 Å². The summed E-state index contributed by atoms with van der Waals surface area (Å²) in [4.78, 5) is 11.2. The Morgan fingerprint density at radius 3 is 2.62 bits per heavy atom. The van der Waals surface area contributed by atoms with E-state index in [1.165, 1.54) is 12.5 Å². The normalized spacial score (nSPS) is 14.4. The summed E-state index contributed by atoms with van der Waals surface area (Å²) in [5, 5.41) is 8.53. The minimum Gasteiger partial charge on any atom is -0.455 e. The molecule has 1 aromatic rings. The number of carbonyl (C=O) groups is 1. The van der Waals surface area contributed by atoms with E-state index in [1.54, 1.807) is 30.6 Å². The van der Waals surface area contributed by atoms with Gasteiger partial charge in [-0.1, -0.05) is 6.07 Å². The molecule has 0 bridgehead atoms. The number of rotatable bonds is 2. The van der Waals surface area contributed by atoms with Crippen LogP contribution in [0.4, 0.5) is 0 Å². The second kappa shape index (κ2) is 4.24. The van der Waals surface area contributed by atoms with E-state index < -0.39 is 12.2 Å². The van der Waals surface area contributed by atoms with Crippen LogP contribution < -0.4 is 5.48 Å². The molecular weight excluding hydrogens is 210 g/mol. The van der Waals surface area contributed by atoms with E-state index in [4.69, 9.17) is 14.7 Å². The van der Waals surface area contributed by atoms with Crippen LogP contribution in [-0.2, 0) is 9.47 Å². The molecule has 1 heterocycles.